The molecule has 1 saturated heterocycles. The summed E-state index contributed by atoms with van der Waals surface area (Å²) >= 11 is 2.86. The Morgan fingerprint density at radius 2 is 1.79 bits per heavy atom. The van der Waals surface area contributed by atoms with Crippen LogP contribution in [0, 0.1) is 11.7 Å². The van der Waals surface area contributed by atoms with Crippen molar-refractivity contribution in [2.24, 2.45) is 5.92 Å². The molecule has 0 spiro atoms. The van der Waals surface area contributed by atoms with E-state index in [1.54, 1.807) is 0 Å². The maximum absolute atomic E-state index is 13.0. The summed E-state index contributed by atoms with van der Waals surface area (Å²) in [6.07, 6.45) is -3.45. The quantitative estimate of drug-likeness (QED) is 0.631. The van der Waals surface area contributed by atoms with Crippen LogP contribution < -0.4 is 5.32 Å². The highest BCUT2D eigenvalue weighted by molar-refractivity contribution is 9.10. The second-order valence-corrected chi connectivity index (χ2v) is 7.63. The summed E-state index contributed by atoms with van der Waals surface area (Å²) in [5.41, 5.74) is -0.533. The normalized spacial score (nSPS) is 17.1. The van der Waals surface area contributed by atoms with Crippen molar-refractivity contribution in [1.29, 1.82) is 0 Å². The average molecular weight is 473 g/mol. The van der Waals surface area contributed by atoms with E-state index in [-0.39, 0.29) is 22.6 Å². The molecule has 9 heteroatoms. The maximum atomic E-state index is 13.0. The van der Waals surface area contributed by atoms with E-state index in [1.165, 1.54) is 41.3 Å². The van der Waals surface area contributed by atoms with E-state index in [2.05, 4.69) is 21.2 Å². The van der Waals surface area contributed by atoms with Crippen LogP contribution in [0.1, 0.15) is 28.8 Å². The van der Waals surface area contributed by atoms with Crippen molar-refractivity contribution in [2.45, 2.75) is 19.0 Å². The topological polar surface area (TPSA) is 49.4 Å². The SMILES string of the molecule is O=C(Nc1ccc(Br)c(C(F)(F)F)c1)[C@@H]1CCCN(C(=O)c2ccc(F)cc2)C1. The van der Waals surface area contributed by atoms with Crippen molar-refractivity contribution < 1.29 is 27.2 Å². The van der Waals surface area contributed by atoms with Gasteiger partial charge in [-0.2, -0.15) is 13.2 Å². The lowest BCUT2D eigenvalue weighted by molar-refractivity contribution is -0.138. The minimum atomic E-state index is -4.55. The van der Waals surface area contributed by atoms with Crippen molar-refractivity contribution in [3.63, 3.8) is 0 Å². The number of nitrogens with zero attached hydrogens (tertiary/aromatic N) is 1. The third-order valence-corrected chi connectivity index (χ3v) is 5.40. The Morgan fingerprint density at radius 3 is 2.45 bits per heavy atom. The number of carbonyl (C=O) groups is 2. The Balaban J connectivity index is 1.68. The number of hydrogen-bond acceptors (Lipinski definition) is 2. The Kier molecular flexibility index (Phi) is 6.26. The number of amides is 2. The van der Waals surface area contributed by atoms with Crippen LogP contribution in [0.15, 0.2) is 46.9 Å². The molecule has 1 N–H and O–H groups in total. The van der Waals surface area contributed by atoms with Crippen molar-refractivity contribution in [3.05, 3.63) is 63.9 Å². The third-order valence-electron chi connectivity index (χ3n) is 4.71. The Hall–Kier alpha value is -2.42. The van der Waals surface area contributed by atoms with Crippen LogP contribution in [0.3, 0.4) is 0 Å². The highest BCUT2D eigenvalue weighted by atomic mass is 79.9. The highest BCUT2D eigenvalue weighted by Gasteiger charge is 2.34. The molecule has 0 bridgehead atoms. The Labute approximate surface area is 173 Å². The number of likely N-dealkylation sites (tertiary alicyclic amines) is 1. The van der Waals surface area contributed by atoms with Crippen molar-refractivity contribution in [3.8, 4) is 0 Å². The summed E-state index contributed by atoms with van der Waals surface area (Å²) in [4.78, 5) is 26.6. The molecular formula is C20H17BrF4N2O2. The molecule has 0 saturated carbocycles. The summed E-state index contributed by atoms with van der Waals surface area (Å²) in [6, 6.07) is 8.60. The zero-order valence-electron chi connectivity index (χ0n) is 15.1. The predicted octanol–water partition coefficient (Wildman–Crippen LogP) is 5.10. The monoisotopic (exact) mass is 472 g/mol. The molecule has 0 unspecified atom stereocenters. The zero-order chi connectivity index (χ0) is 21.2. The number of hydrogen-bond donors (Lipinski definition) is 1. The van der Waals surface area contributed by atoms with Crippen molar-refractivity contribution in [1.82, 2.24) is 4.90 Å². The summed E-state index contributed by atoms with van der Waals surface area (Å²) in [7, 11) is 0. The van der Waals surface area contributed by atoms with Crippen molar-refractivity contribution >= 4 is 33.4 Å². The molecule has 1 heterocycles. The van der Waals surface area contributed by atoms with E-state index >= 15 is 0 Å². The standard InChI is InChI=1S/C20H17BrF4N2O2/c21-17-8-7-15(10-16(17)20(23,24)25)26-18(28)13-2-1-9-27(11-13)19(29)12-3-5-14(22)6-4-12/h3-8,10,13H,1-2,9,11H2,(H,26,28)/t13-/m1/s1. The van der Waals surface area contributed by atoms with Gasteiger partial charge in [0.2, 0.25) is 5.91 Å². The van der Waals surface area contributed by atoms with Crippen molar-refractivity contribution in [2.75, 3.05) is 18.4 Å². The molecule has 2 aromatic carbocycles. The van der Waals surface area contributed by atoms with Gasteiger partial charge in [0.05, 0.1) is 11.5 Å². The number of halogens is 5. The molecule has 1 aliphatic rings. The summed E-state index contributed by atoms with van der Waals surface area (Å²) < 4.78 is 52.0. The van der Waals surface area contributed by atoms with Crippen LogP contribution >= 0.6 is 15.9 Å². The van der Waals surface area contributed by atoms with E-state index in [0.717, 1.165) is 6.07 Å². The lowest BCUT2D eigenvalue weighted by Gasteiger charge is -2.32. The van der Waals surface area contributed by atoms with Gasteiger partial charge < -0.3 is 10.2 Å². The van der Waals surface area contributed by atoms with Gasteiger partial charge in [-0.25, -0.2) is 4.39 Å². The fraction of sp³-hybridized carbons (Fsp3) is 0.300. The molecular weight excluding hydrogens is 456 g/mol. The molecule has 2 aromatic rings. The first kappa shape index (κ1) is 21.3. The molecule has 1 atom stereocenters. The van der Waals surface area contributed by atoms with E-state index in [0.29, 0.717) is 24.9 Å². The number of benzene rings is 2. The summed E-state index contributed by atoms with van der Waals surface area (Å²) in [5.74, 6) is -1.76. The van der Waals surface area contributed by atoms with E-state index in [4.69, 9.17) is 0 Å². The van der Waals surface area contributed by atoms with Crippen LogP contribution in [0.2, 0.25) is 0 Å². The summed E-state index contributed by atoms with van der Waals surface area (Å²) in [6.45, 7) is 0.598. The van der Waals surface area contributed by atoms with Crippen LogP contribution in [0.5, 0.6) is 0 Å². The van der Waals surface area contributed by atoms with Gasteiger partial charge in [-0.05, 0) is 55.3 Å². The van der Waals surface area contributed by atoms with Gasteiger partial charge in [-0.1, -0.05) is 15.9 Å². The van der Waals surface area contributed by atoms with Gasteiger partial charge in [0.15, 0.2) is 0 Å². The molecule has 3 rings (SSSR count). The van der Waals surface area contributed by atoms with Crippen LogP contribution in [-0.2, 0) is 11.0 Å². The van der Waals surface area contributed by atoms with Gasteiger partial charge in [0, 0.05) is 28.8 Å². The smallest absolute Gasteiger partial charge is 0.338 e. The van der Waals surface area contributed by atoms with E-state index < -0.39 is 29.4 Å². The van der Waals surface area contributed by atoms with Gasteiger partial charge in [0.25, 0.3) is 5.91 Å². The largest absolute Gasteiger partial charge is 0.417 e. The van der Waals surface area contributed by atoms with Gasteiger partial charge in [-0.3, -0.25) is 9.59 Å². The molecule has 1 fully saturated rings. The lowest BCUT2D eigenvalue weighted by Crippen LogP contribution is -2.43. The van der Waals surface area contributed by atoms with Gasteiger partial charge in [-0.15, -0.1) is 0 Å². The lowest BCUT2D eigenvalue weighted by atomic mass is 9.96. The molecule has 4 nitrogen and oxygen atoms in total. The first-order chi connectivity index (χ1) is 13.6. The molecule has 2 amide bonds. The average Bonchev–Trinajstić information content (AvgIpc) is 2.68. The molecule has 29 heavy (non-hydrogen) atoms. The second-order valence-electron chi connectivity index (χ2n) is 6.78. The van der Waals surface area contributed by atoms with Crippen LogP contribution in [0.25, 0.3) is 0 Å². The Morgan fingerprint density at radius 1 is 1.10 bits per heavy atom. The summed E-state index contributed by atoms with van der Waals surface area (Å²) in [5, 5.41) is 2.51. The molecule has 0 radical (unpaired) electrons. The number of piperidine rings is 1. The fourth-order valence-corrected chi connectivity index (χ4v) is 3.69. The molecule has 154 valence electrons. The second kappa shape index (κ2) is 8.52. The minimum absolute atomic E-state index is 0.0347. The molecule has 0 aliphatic carbocycles. The number of carbonyl (C=O) groups excluding carboxylic acids is 2. The highest BCUT2D eigenvalue weighted by Crippen LogP contribution is 2.36. The first-order valence-electron chi connectivity index (χ1n) is 8.87. The third kappa shape index (κ3) is 5.14. The number of nitrogens with one attached hydrogen (secondary N) is 1. The van der Waals surface area contributed by atoms with E-state index in [9.17, 15) is 27.2 Å². The molecule has 1 aliphatic heterocycles. The van der Waals surface area contributed by atoms with Gasteiger partial charge >= 0.3 is 6.18 Å². The number of anilines is 1. The fourth-order valence-electron chi connectivity index (χ4n) is 3.22. The van der Waals surface area contributed by atoms with E-state index in [1.807, 2.05) is 0 Å². The maximum Gasteiger partial charge on any atom is 0.417 e. The van der Waals surface area contributed by atoms with Crippen LogP contribution in [0.4, 0.5) is 23.2 Å². The number of alkyl halides is 3. The Bertz CT molecular complexity index is 916. The van der Waals surface area contributed by atoms with Crippen LogP contribution in [-0.4, -0.2) is 29.8 Å². The predicted molar refractivity (Wildman–Crippen MR) is 103 cm³/mol. The first-order valence-corrected chi connectivity index (χ1v) is 9.67. The molecule has 0 aromatic heterocycles. The minimum Gasteiger partial charge on any atom is -0.338 e. The van der Waals surface area contributed by atoms with Gasteiger partial charge in [0.1, 0.15) is 5.82 Å². The zero-order valence-corrected chi connectivity index (χ0v) is 16.7. The number of rotatable bonds is 3.